The minimum absolute atomic E-state index is 0.309. The molecule has 0 spiro atoms. The van der Waals surface area contributed by atoms with Crippen molar-refractivity contribution in [2.45, 2.75) is 26.4 Å². The number of fused-ring (bicyclic) bond motifs is 1. The molecule has 0 aliphatic carbocycles. The Hall–Kier alpha value is -2.64. The molecule has 0 radical (unpaired) electrons. The maximum Gasteiger partial charge on any atom is 0.338 e. The van der Waals surface area contributed by atoms with Gasteiger partial charge in [-0.3, -0.25) is 10.1 Å². The van der Waals surface area contributed by atoms with Crippen LogP contribution in [0.25, 0.3) is 10.2 Å². The molecule has 1 N–H and O–H groups in total. The Morgan fingerprint density at radius 1 is 1.18 bits per heavy atom. The van der Waals surface area contributed by atoms with Crippen LogP contribution in [0.3, 0.4) is 0 Å². The van der Waals surface area contributed by atoms with Crippen molar-refractivity contribution in [2.75, 3.05) is 11.9 Å². The summed E-state index contributed by atoms with van der Waals surface area (Å²) in [7, 11) is 0. The van der Waals surface area contributed by atoms with Crippen molar-refractivity contribution >= 4 is 50.2 Å². The molecule has 0 saturated heterocycles. The minimum Gasteiger partial charge on any atom is -0.478 e. The van der Waals surface area contributed by atoms with Crippen LogP contribution in [-0.2, 0) is 9.53 Å². The zero-order valence-corrected chi connectivity index (χ0v) is 17.2. The van der Waals surface area contributed by atoms with Gasteiger partial charge in [-0.1, -0.05) is 22.9 Å². The van der Waals surface area contributed by atoms with Gasteiger partial charge in [0.15, 0.2) is 10.7 Å². The van der Waals surface area contributed by atoms with Crippen molar-refractivity contribution in [1.82, 2.24) is 4.98 Å². The molecule has 0 aliphatic rings. The molecule has 0 aliphatic heterocycles. The molecule has 0 saturated carbocycles. The van der Waals surface area contributed by atoms with Gasteiger partial charge in [-0.05, 0) is 63.2 Å². The molecule has 3 aromatic rings. The van der Waals surface area contributed by atoms with Crippen LogP contribution in [0.2, 0.25) is 5.02 Å². The summed E-state index contributed by atoms with van der Waals surface area (Å²) in [6.07, 6.45) is 0. The van der Waals surface area contributed by atoms with E-state index in [1.807, 2.05) is 0 Å². The quantitative estimate of drug-likeness (QED) is 0.574. The number of amides is 1. The SMILES string of the molecule is CCOC(=O)c1ccc2nc(NC(=O)C(C)(C)Oc3ccc(Cl)cc3)sc2c1. The van der Waals surface area contributed by atoms with Crippen molar-refractivity contribution in [3.8, 4) is 5.75 Å². The lowest BCUT2D eigenvalue weighted by Gasteiger charge is -2.24. The first-order valence-corrected chi connectivity index (χ1v) is 9.81. The van der Waals surface area contributed by atoms with Crippen LogP contribution in [0, 0.1) is 0 Å². The minimum atomic E-state index is -1.12. The predicted octanol–water partition coefficient (Wildman–Crippen LogP) is 4.92. The van der Waals surface area contributed by atoms with E-state index in [0.717, 1.165) is 4.70 Å². The van der Waals surface area contributed by atoms with Crippen LogP contribution in [0.1, 0.15) is 31.1 Å². The van der Waals surface area contributed by atoms with Crippen LogP contribution < -0.4 is 10.1 Å². The number of benzene rings is 2. The maximum atomic E-state index is 12.7. The van der Waals surface area contributed by atoms with E-state index >= 15 is 0 Å². The van der Waals surface area contributed by atoms with Crippen LogP contribution >= 0.6 is 22.9 Å². The summed E-state index contributed by atoms with van der Waals surface area (Å²) in [5.74, 6) is -0.194. The van der Waals surface area contributed by atoms with E-state index in [-0.39, 0.29) is 11.9 Å². The molecular weight excluding hydrogens is 400 g/mol. The number of hydrogen-bond donors (Lipinski definition) is 1. The number of aromatic nitrogens is 1. The van der Waals surface area contributed by atoms with E-state index in [0.29, 0.717) is 33.6 Å². The summed E-state index contributed by atoms with van der Waals surface area (Å²) in [6, 6.07) is 11.9. The summed E-state index contributed by atoms with van der Waals surface area (Å²) in [4.78, 5) is 28.9. The number of rotatable bonds is 6. The number of anilines is 1. The van der Waals surface area contributed by atoms with E-state index in [9.17, 15) is 9.59 Å². The van der Waals surface area contributed by atoms with Crippen LogP contribution in [0.4, 0.5) is 5.13 Å². The van der Waals surface area contributed by atoms with Gasteiger partial charge in [-0.2, -0.15) is 0 Å². The fourth-order valence-corrected chi connectivity index (χ4v) is 3.44. The Morgan fingerprint density at radius 3 is 2.57 bits per heavy atom. The topological polar surface area (TPSA) is 77.5 Å². The number of nitrogens with one attached hydrogen (secondary N) is 1. The molecule has 3 rings (SSSR count). The second kappa shape index (κ2) is 8.16. The van der Waals surface area contributed by atoms with E-state index < -0.39 is 5.60 Å². The summed E-state index contributed by atoms with van der Waals surface area (Å²) >= 11 is 7.14. The normalized spacial score (nSPS) is 11.3. The summed E-state index contributed by atoms with van der Waals surface area (Å²) < 4.78 is 11.6. The molecule has 0 bridgehead atoms. The molecule has 28 heavy (non-hydrogen) atoms. The number of halogens is 1. The van der Waals surface area contributed by atoms with Crippen LogP contribution in [0.5, 0.6) is 5.75 Å². The monoisotopic (exact) mass is 418 g/mol. The van der Waals surface area contributed by atoms with E-state index in [4.69, 9.17) is 21.1 Å². The molecule has 0 unspecified atom stereocenters. The van der Waals surface area contributed by atoms with Gasteiger partial charge >= 0.3 is 5.97 Å². The van der Waals surface area contributed by atoms with Crippen molar-refractivity contribution in [1.29, 1.82) is 0 Å². The molecule has 1 aromatic heterocycles. The first-order chi connectivity index (χ1) is 13.3. The van der Waals surface area contributed by atoms with Gasteiger partial charge in [0.05, 0.1) is 22.4 Å². The molecule has 0 fully saturated rings. The zero-order valence-electron chi connectivity index (χ0n) is 15.6. The fraction of sp³-hybridized carbons (Fsp3) is 0.250. The standard InChI is InChI=1S/C20H19ClN2O4S/c1-4-26-17(24)12-5-10-15-16(11-12)28-19(22-15)23-18(25)20(2,3)27-14-8-6-13(21)7-9-14/h5-11H,4H2,1-3H3,(H,22,23,25). The molecule has 2 aromatic carbocycles. The van der Waals surface area contributed by atoms with Crippen LogP contribution in [-0.4, -0.2) is 29.1 Å². The number of ether oxygens (including phenoxy) is 2. The van der Waals surface area contributed by atoms with Gasteiger partial charge in [0, 0.05) is 5.02 Å². The number of nitrogens with zero attached hydrogens (tertiary/aromatic N) is 1. The van der Waals surface area contributed by atoms with E-state index in [1.165, 1.54) is 11.3 Å². The highest BCUT2D eigenvalue weighted by molar-refractivity contribution is 7.22. The molecular formula is C20H19ClN2O4S. The Bertz CT molecular complexity index is 1010. The Labute approximate surface area is 171 Å². The molecule has 146 valence electrons. The third-order valence-corrected chi connectivity index (χ3v) is 5.04. The maximum absolute atomic E-state index is 12.7. The second-order valence-electron chi connectivity index (χ2n) is 6.44. The van der Waals surface area contributed by atoms with Crippen LogP contribution in [0.15, 0.2) is 42.5 Å². The number of carbonyl (C=O) groups is 2. The van der Waals surface area contributed by atoms with Gasteiger partial charge in [-0.15, -0.1) is 0 Å². The predicted molar refractivity (Wildman–Crippen MR) is 110 cm³/mol. The highest BCUT2D eigenvalue weighted by Crippen LogP contribution is 2.28. The number of hydrogen-bond acceptors (Lipinski definition) is 6. The summed E-state index contributed by atoms with van der Waals surface area (Å²) in [5, 5.41) is 3.79. The number of esters is 1. The van der Waals surface area contributed by atoms with Gasteiger partial charge in [0.25, 0.3) is 5.91 Å². The first kappa shape index (κ1) is 20.1. The Kier molecular flexibility index (Phi) is 5.86. The van der Waals surface area contributed by atoms with Gasteiger partial charge in [-0.25, -0.2) is 9.78 Å². The molecule has 8 heteroatoms. The highest BCUT2D eigenvalue weighted by Gasteiger charge is 2.31. The van der Waals surface area contributed by atoms with Gasteiger partial charge in [0.1, 0.15) is 5.75 Å². The largest absolute Gasteiger partial charge is 0.478 e. The zero-order chi connectivity index (χ0) is 20.3. The Balaban J connectivity index is 1.74. The van der Waals surface area contributed by atoms with Crippen molar-refractivity contribution in [3.05, 3.63) is 53.1 Å². The lowest BCUT2D eigenvalue weighted by Crippen LogP contribution is -2.42. The molecule has 0 atom stereocenters. The highest BCUT2D eigenvalue weighted by atomic mass is 35.5. The summed E-state index contributed by atoms with van der Waals surface area (Å²) in [5.41, 5.74) is 0.00829. The van der Waals surface area contributed by atoms with Gasteiger partial charge in [0.2, 0.25) is 0 Å². The fourth-order valence-electron chi connectivity index (χ4n) is 2.41. The lowest BCUT2D eigenvalue weighted by molar-refractivity contribution is -0.128. The number of carbonyl (C=O) groups excluding carboxylic acids is 2. The third kappa shape index (κ3) is 4.61. The lowest BCUT2D eigenvalue weighted by atomic mass is 10.1. The Morgan fingerprint density at radius 2 is 1.89 bits per heavy atom. The second-order valence-corrected chi connectivity index (χ2v) is 7.91. The molecule has 6 nitrogen and oxygen atoms in total. The van der Waals surface area contributed by atoms with Gasteiger partial charge < -0.3 is 9.47 Å². The third-order valence-electron chi connectivity index (χ3n) is 3.85. The van der Waals surface area contributed by atoms with E-state index in [2.05, 4.69) is 10.3 Å². The number of thiazole rings is 1. The average molecular weight is 419 g/mol. The first-order valence-electron chi connectivity index (χ1n) is 8.62. The summed E-state index contributed by atoms with van der Waals surface area (Å²) in [6.45, 7) is 5.40. The molecule has 1 amide bonds. The smallest absolute Gasteiger partial charge is 0.338 e. The average Bonchev–Trinajstić information content (AvgIpc) is 3.05. The van der Waals surface area contributed by atoms with Crippen molar-refractivity contribution in [2.24, 2.45) is 0 Å². The van der Waals surface area contributed by atoms with Crippen molar-refractivity contribution in [3.63, 3.8) is 0 Å². The van der Waals surface area contributed by atoms with Crippen molar-refractivity contribution < 1.29 is 19.1 Å². The van der Waals surface area contributed by atoms with E-state index in [1.54, 1.807) is 63.2 Å². The molecule has 1 heterocycles.